The van der Waals surface area contributed by atoms with Gasteiger partial charge in [-0.1, -0.05) is 12.1 Å². The molecule has 0 saturated carbocycles. The zero-order chi connectivity index (χ0) is 11.8. The van der Waals surface area contributed by atoms with Gasteiger partial charge in [0.25, 0.3) is 11.7 Å². The van der Waals surface area contributed by atoms with Crippen molar-refractivity contribution in [1.82, 2.24) is 0 Å². The average molecular weight is 231 g/mol. The molecule has 3 rings (SSSR count). The number of benzene rings is 1. The molecule has 0 spiro atoms. The van der Waals surface area contributed by atoms with E-state index >= 15 is 0 Å². The highest BCUT2D eigenvalue weighted by Crippen LogP contribution is 2.29. The van der Waals surface area contributed by atoms with Crippen LogP contribution in [0.4, 0.5) is 5.69 Å². The molecule has 4 nitrogen and oxygen atoms in total. The lowest BCUT2D eigenvalue weighted by Gasteiger charge is -2.20. The Morgan fingerprint density at radius 1 is 1.29 bits per heavy atom. The highest BCUT2D eigenvalue weighted by Gasteiger charge is 2.37. The highest BCUT2D eigenvalue weighted by atomic mass is 16.5. The Morgan fingerprint density at radius 2 is 2.12 bits per heavy atom. The number of Topliss-reactive ketones (excluding diaryl/α,β-unsaturated/α-hetero) is 1. The molecule has 2 aliphatic rings. The van der Waals surface area contributed by atoms with Crippen molar-refractivity contribution in [3.8, 4) is 0 Å². The van der Waals surface area contributed by atoms with E-state index in [2.05, 4.69) is 0 Å². The summed E-state index contributed by atoms with van der Waals surface area (Å²) in [6, 6.07) is 7.13. The lowest BCUT2D eigenvalue weighted by Crippen LogP contribution is -2.36. The first-order valence-electron chi connectivity index (χ1n) is 5.84. The molecule has 0 aromatic heterocycles. The van der Waals surface area contributed by atoms with Crippen LogP contribution in [0.1, 0.15) is 23.2 Å². The van der Waals surface area contributed by atoms with Crippen molar-refractivity contribution in [3.63, 3.8) is 0 Å². The van der Waals surface area contributed by atoms with Gasteiger partial charge in [-0.05, 0) is 25.0 Å². The predicted molar refractivity (Wildman–Crippen MR) is 62.1 cm³/mol. The quantitative estimate of drug-likeness (QED) is 0.723. The standard InChI is InChI=1S/C13H13NO3/c15-12-10-5-1-2-6-11(10)14(13(12)16)8-9-4-3-7-17-9/h1-2,5-6,9H,3-4,7-8H2. The first kappa shape index (κ1) is 10.5. The van der Waals surface area contributed by atoms with E-state index in [-0.39, 0.29) is 6.10 Å². The Hall–Kier alpha value is -1.68. The third-order valence-electron chi connectivity index (χ3n) is 3.29. The van der Waals surface area contributed by atoms with Gasteiger partial charge < -0.3 is 9.64 Å². The molecule has 88 valence electrons. The lowest BCUT2D eigenvalue weighted by atomic mass is 10.1. The van der Waals surface area contributed by atoms with Gasteiger partial charge >= 0.3 is 0 Å². The third-order valence-corrected chi connectivity index (χ3v) is 3.29. The predicted octanol–water partition coefficient (Wildman–Crippen LogP) is 1.39. The summed E-state index contributed by atoms with van der Waals surface area (Å²) in [6.45, 7) is 1.24. The number of carbonyl (C=O) groups is 2. The Kier molecular flexibility index (Phi) is 2.44. The van der Waals surface area contributed by atoms with E-state index in [1.165, 1.54) is 0 Å². The van der Waals surface area contributed by atoms with Crippen molar-refractivity contribution >= 4 is 17.4 Å². The van der Waals surface area contributed by atoms with Gasteiger partial charge in [0.1, 0.15) is 0 Å². The van der Waals surface area contributed by atoms with Crippen LogP contribution in [0.3, 0.4) is 0 Å². The van der Waals surface area contributed by atoms with E-state index in [9.17, 15) is 9.59 Å². The van der Waals surface area contributed by atoms with Gasteiger partial charge in [0.05, 0.1) is 23.9 Å². The van der Waals surface area contributed by atoms with E-state index < -0.39 is 11.7 Å². The number of hydrogen-bond acceptors (Lipinski definition) is 3. The monoisotopic (exact) mass is 231 g/mol. The second kappa shape index (κ2) is 3.96. The fourth-order valence-corrected chi connectivity index (χ4v) is 2.42. The Morgan fingerprint density at radius 3 is 2.88 bits per heavy atom. The molecular weight excluding hydrogens is 218 g/mol. The summed E-state index contributed by atoms with van der Waals surface area (Å²) < 4.78 is 5.51. The van der Waals surface area contributed by atoms with E-state index in [1.54, 1.807) is 17.0 Å². The van der Waals surface area contributed by atoms with E-state index in [0.717, 1.165) is 25.1 Å². The minimum absolute atomic E-state index is 0.0675. The minimum atomic E-state index is -0.429. The lowest BCUT2D eigenvalue weighted by molar-refractivity contribution is -0.114. The normalized spacial score (nSPS) is 23.3. The first-order chi connectivity index (χ1) is 8.27. The number of ketones is 1. The van der Waals surface area contributed by atoms with Gasteiger partial charge in [0.2, 0.25) is 0 Å². The number of rotatable bonds is 2. The zero-order valence-electron chi connectivity index (χ0n) is 9.39. The van der Waals surface area contributed by atoms with Crippen molar-refractivity contribution in [3.05, 3.63) is 29.8 Å². The van der Waals surface area contributed by atoms with Gasteiger partial charge in [-0.2, -0.15) is 0 Å². The SMILES string of the molecule is O=C1C(=O)N(CC2CCCO2)c2ccccc21. The third kappa shape index (κ3) is 1.65. The number of carbonyl (C=O) groups excluding carboxylic acids is 2. The van der Waals surface area contributed by atoms with Crippen LogP contribution in [-0.4, -0.2) is 30.9 Å². The van der Waals surface area contributed by atoms with Crippen molar-refractivity contribution in [1.29, 1.82) is 0 Å². The van der Waals surface area contributed by atoms with Crippen LogP contribution in [0, 0.1) is 0 Å². The summed E-state index contributed by atoms with van der Waals surface area (Å²) in [4.78, 5) is 25.2. The van der Waals surface area contributed by atoms with Crippen LogP contribution >= 0.6 is 0 Å². The summed E-state index contributed by atoms with van der Waals surface area (Å²) in [6.07, 6.45) is 2.06. The number of fused-ring (bicyclic) bond motifs is 1. The van der Waals surface area contributed by atoms with Gasteiger partial charge in [-0.25, -0.2) is 0 Å². The van der Waals surface area contributed by atoms with Crippen molar-refractivity contribution < 1.29 is 14.3 Å². The molecule has 1 amide bonds. The fraction of sp³-hybridized carbons (Fsp3) is 0.385. The average Bonchev–Trinajstić information content (AvgIpc) is 2.94. The number of para-hydroxylation sites is 1. The maximum absolute atomic E-state index is 11.9. The van der Waals surface area contributed by atoms with Crippen molar-refractivity contribution in [2.24, 2.45) is 0 Å². The zero-order valence-corrected chi connectivity index (χ0v) is 9.39. The fourth-order valence-electron chi connectivity index (χ4n) is 2.42. The molecule has 4 heteroatoms. The van der Waals surface area contributed by atoms with E-state index in [0.29, 0.717) is 12.1 Å². The largest absolute Gasteiger partial charge is 0.376 e. The Labute approximate surface area is 99.2 Å². The number of nitrogens with zero attached hydrogens (tertiary/aromatic N) is 1. The van der Waals surface area contributed by atoms with Crippen LogP contribution in [0.2, 0.25) is 0 Å². The highest BCUT2D eigenvalue weighted by molar-refractivity contribution is 6.52. The van der Waals surface area contributed by atoms with Crippen LogP contribution in [0.5, 0.6) is 0 Å². The van der Waals surface area contributed by atoms with Gasteiger partial charge in [-0.3, -0.25) is 9.59 Å². The smallest absolute Gasteiger partial charge is 0.299 e. The Balaban J connectivity index is 1.89. The number of anilines is 1. The van der Waals surface area contributed by atoms with Crippen molar-refractivity contribution in [2.45, 2.75) is 18.9 Å². The summed E-state index contributed by atoms with van der Waals surface area (Å²) >= 11 is 0. The summed E-state index contributed by atoms with van der Waals surface area (Å²) in [5.41, 5.74) is 1.23. The number of amides is 1. The van der Waals surface area contributed by atoms with Crippen LogP contribution in [0.15, 0.2) is 24.3 Å². The molecule has 0 N–H and O–H groups in total. The van der Waals surface area contributed by atoms with Gasteiger partial charge in [-0.15, -0.1) is 0 Å². The summed E-state index contributed by atoms with van der Waals surface area (Å²) in [5.74, 6) is -0.833. The maximum Gasteiger partial charge on any atom is 0.299 e. The topological polar surface area (TPSA) is 46.6 Å². The van der Waals surface area contributed by atoms with E-state index in [4.69, 9.17) is 4.74 Å². The molecule has 0 radical (unpaired) electrons. The van der Waals surface area contributed by atoms with Crippen LogP contribution in [-0.2, 0) is 9.53 Å². The number of hydrogen-bond donors (Lipinski definition) is 0. The van der Waals surface area contributed by atoms with E-state index in [1.807, 2.05) is 12.1 Å². The second-order valence-electron chi connectivity index (χ2n) is 4.40. The summed E-state index contributed by atoms with van der Waals surface area (Å²) in [5, 5.41) is 0. The molecule has 0 aliphatic carbocycles. The summed E-state index contributed by atoms with van der Waals surface area (Å²) in [7, 11) is 0. The minimum Gasteiger partial charge on any atom is -0.376 e. The maximum atomic E-state index is 11.9. The van der Waals surface area contributed by atoms with Crippen LogP contribution in [0.25, 0.3) is 0 Å². The molecule has 2 aliphatic heterocycles. The molecule has 1 aromatic carbocycles. The van der Waals surface area contributed by atoms with Gasteiger partial charge in [0, 0.05) is 6.61 Å². The Bertz CT molecular complexity index is 477. The molecule has 2 heterocycles. The molecule has 1 atom stereocenters. The molecular formula is C13H13NO3. The van der Waals surface area contributed by atoms with Crippen molar-refractivity contribution in [2.75, 3.05) is 18.1 Å². The molecule has 0 bridgehead atoms. The molecule has 1 saturated heterocycles. The van der Waals surface area contributed by atoms with Crippen LogP contribution < -0.4 is 4.90 Å². The number of ether oxygens (including phenoxy) is 1. The first-order valence-corrected chi connectivity index (χ1v) is 5.84. The molecule has 1 unspecified atom stereocenters. The van der Waals surface area contributed by atoms with Gasteiger partial charge in [0.15, 0.2) is 0 Å². The molecule has 1 fully saturated rings. The molecule has 17 heavy (non-hydrogen) atoms. The second-order valence-corrected chi connectivity index (χ2v) is 4.40. The molecule has 1 aromatic rings.